The van der Waals surface area contributed by atoms with Gasteiger partial charge in [-0.2, -0.15) is 0 Å². The zero-order chi connectivity index (χ0) is 12.9. The molecule has 0 amide bonds. The van der Waals surface area contributed by atoms with Crippen molar-refractivity contribution in [3.63, 3.8) is 0 Å². The lowest BCUT2D eigenvalue weighted by Gasteiger charge is -2.04. The third-order valence-electron chi connectivity index (χ3n) is 2.97. The van der Waals surface area contributed by atoms with Gasteiger partial charge in [0, 0.05) is 25.6 Å². The monoisotopic (exact) mass is 250 g/mol. The van der Waals surface area contributed by atoms with Gasteiger partial charge in [0.05, 0.1) is 0 Å². The van der Waals surface area contributed by atoms with Crippen LogP contribution < -0.4 is 5.32 Å². The first-order valence-electron chi connectivity index (χ1n) is 7.04. The molecule has 0 aliphatic carbocycles. The fraction of sp³-hybridized carbons (Fsp3) is 0.667. The third-order valence-corrected chi connectivity index (χ3v) is 2.97. The van der Waals surface area contributed by atoms with E-state index in [-0.39, 0.29) is 0 Å². The van der Waals surface area contributed by atoms with E-state index in [9.17, 15) is 0 Å². The van der Waals surface area contributed by atoms with E-state index in [0.717, 1.165) is 32.6 Å². The van der Waals surface area contributed by atoms with Gasteiger partial charge in [-0.15, -0.1) is 0 Å². The van der Waals surface area contributed by atoms with Crippen molar-refractivity contribution in [1.82, 2.24) is 10.3 Å². The zero-order valence-corrected chi connectivity index (χ0v) is 11.5. The molecule has 1 aromatic rings. The van der Waals surface area contributed by atoms with Crippen LogP contribution in [-0.4, -0.2) is 31.8 Å². The van der Waals surface area contributed by atoms with E-state index in [2.05, 4.69) is 22.4 Å². The number of rotatable bonds is 11. The lowest BCUT2D eigenvalue weighted by atomic mass is 10.1. The van der Waals surface area contributed by atoms with Crippen LogP contribution in [0.5, 0.6) is 0 Å². The normalized spacial score (nSPS) is 10.7. The Balaban J connectivity index is 1.82. The minimum absolute atomic E-state index is 0.874. The molecule has 3 nitrogen and oxygen atoms in total. The Morgan fingerprint density at radius 3 is 2.50 bits per heavy atom. The molecule has 102 valence electrons. The van der Waals surface area contributed by atoms with Crippen LogP contribution in [-0.2, 0) is 11.2 Å². The van der Waals surface area contributed by atoms with Crippen molar-refractivity contribution in [2.45, 2.75) is 38.5 Å². The van der Waals surface area contributed by atoms with Gasteiger partial charge in [-0.25, -0.2) is 0 Å². The Labute approximate surface area is 111 Å². The summed E-state index contributed by atoms with van der Waals surface area (Å²) in [5.74, 6) is 0. The van der Waals surface area contributed by atoms with E-state index in [0.29, 0.717) is 0 Å². The number of aryl methyl sites for hydroxylation is 1. The first kappa shape index (κ1) is 15.1. The van der Waals surface area contributed by atoms with E-state index in [1.807, 2.05) is 19.4 Å². The largest absolute Gasteiger partial charge is 0.381 e. The number of unbranched alkanes of at least 4 members (excludes halogenated alkanes) is 3. The van der Waals surface area contributed by atoms with Gasteiger partial charge < -0.3 is 10.1 Å². The molecule has 0 spiro atoms. The maximum Gasteiger partial charge on any atom is 0.0469 e. The molecule has 1 rings (SSSR count). The molecule has 0 saturated heterocycles. The highest BCUT2D eigenvalue weighted by molar-refractivity contribution is 5.09. The van der Waals surface area contributed by atoms with Gasteiger partial charge in [-0.05, 0) is 57.0 Å². The summed E-state index contributed by atoms with van der Waals surface area (Å²) in [6, 6.07) is 4.14. The Morgan fingerprint density at radius 1 is 1.00 bits per heavy atom. The van der Waals surface area contributed by atoms with Crippen LogP contribution in [0.3, 0.4) is 0 Å². The Hall–Kier alpha value is -0.930. The molecular weight excluding hydrogens is 224 g/mol. The average molecular weight is 250 g/mol. The number of hydrogen-bond donors (Lipinski definition) is 1. The molecule has 1 N–H and O–H groups in total. The summed E-state index contributed by atoms with van der Waals surface area (Å²) in [5, 5.41) is 3.17. The predicted octanol–water partition coefficient (Wildman–Crippen LogP) is 2.81. The third kappa shape index (κ3) is 8.20. The summed E-state index contributed by atoms with van der Waals surface area (Å²) in [6.45, 7) is 2.92. The molecule has 0 atom stereocenters. The summed E-state index contributed by atoms with van der Waals surface area (Å²) >= 11 is 0. The molecule has 0 aromatic carbocycles. The second kappa shape index (κ2) is 11.2. The molecule has 1 aromatic heterocycles. The number of aromatic nitrogens is 1. The van der Waals surface area contributed by atoms with Gasteiger partial charge in [0.2, 0.25) is 0 Å². The van der Waals surface area contributed by atoms with Crippen molar-refractivity contribution < 1.29 is 4.74 Å². The van der Waals surface area contributed by atoms with Crippen LogP contribution in [0, 0.1) is 0 Å². The van der Waals surface area contributed by atoms with Crippen molar-refractivity contribution in [1.29, 1.82) is 0 Å². The van der Waals surface area contributed by atoms with Gasteiger partial charge in [0.25, 0.3) is 0 Å². The summed E-state index contributed by atoms with van der Waals surface area (Å²) < 4.78 is 5.63. The molecule has 0 aliphatic heterocycles. The van der Waals surface area contributed by atoms with E-state index in [1.54, 1.807) is 0 Å². The Morgan fingerprint density at radius 2 is 1.72 bits per heavy atom. The molecule has 0 aliphatic rings. The van der Waals surface area contributed by atoms with Crippen molar-refractivity contribution in [2.24, 2.45) is 0 Å². The Kier molecular flexibility index (Phi) is 9.39. The SMILES string of the molecule is CNCCCCCCOCCCc1ccncc1. The molecule has 0 saturated carbocycles. The molecule has 0 fully saturated rings. The van der Waals surface area contributed by atoms with E-state index in [1.165, 1.54) is 31.2 Å². The summed E-state index contributed by atoms with van der Waals surface area (Å²) in [7, 11) is 2.01. The fourth-order valence-corrected chi connectivity index (χ4v) is 1.89. The number of pyridine rings is 1. The molecule has 18 heavy (non-hydrogen) atoms. The summed E-state index contributed by atoms with van der Waals surface area (Å²) in [4.78, 5) is 4.01. The van der Waals surface area contributed by atoms with Crippen molar-refractivity contribution in [2.75, 3.05) is 26.8 Å². The van der Waals surface area contributed by atoms with Gasteiger partial charge >= 0.3 is 0 Å². The quantitative estimate of drug-likeness (QED) is 0.613. The first-order valence-corrected chi connectivity index (χ1v) is 7.04. The van der Waals surface area contributed by atoms with Crippen molar-refractivity contribution in [3.8, 4) is 0 Å². The number of ether oxygens (including phenoxy) is 1. The Bertz CT molecular complexity index is 277. The van der Waals surface area contributed by atoms with Crippen LogP contribution in [0.4, 0.5) is 0 Å². The number of hydrogen-bond acceptors (Lipinski definition) is 3. The van der Waals surface area contributed by atoms with Crippen molar-refractivity contribution >= 4 is 0 Å². The van der Waals surface area contributed by atoms with Crippen LogP contribution in [0.25, 0.3) is 0 Å². The molecule has 3 heteroatoms. The average Bonchev–Trinajstić information content (AvgIpc) is 2.42. The zero-order valence-electron chi connectivity index (χ0n) is 11.5. The highest BCUT2D eigenvalue weighted by Crippen LogP contribution is 2.02. The van der Waals surface area contributed by atoms with Gasteiger partial charge in [-0.3, -0.25) is 4.98 Å². The molecule has 0 radical (unpaired) electrons. The van der Waals surface area contributed by atoms with Crippen LogP contribution in [0.1, 0.15) is 37.7 Å². The van der Waals surface area contributed by atoms with Crippen LogP contribution in [0.2, 0.25) is 0 Å². The predicted molar refractivity (Wildman–Crippen MR) is 75.8 cm³/mol. The maximum absolute atomic E-state index is 5.63. The van der Waals surface area contributed by atoms with E-state index < -0.39 is 0 Å². The fourth-order valence-electron chi connectivity index (χ4n) is 1.89. The smallest absolute Gasteiger partial charge is 0.0469 e. The molecule has 0 unspecified atom stereocenters. The first-order chi connectivity index (χ1) is 8.93. The topological polar surface area (TPSA) is 34.1 Å². The second-order valence-corrected chi connectivity index (χ2v) is 4.59. The number of nitrogens with one attached hydrogen (secondary N) is 1. The minimum Gasteiger partial charge on any atom is -0.381 e. The lowest BCUT2D eigenvalue weighted by Crippen LogP contribution is -2.07. The van der Waals surface area contributed by atoms with Gasteiger partial charge in [0.15, 0.2) is 0 Å². The highest BCUT2D eigenvalue weighted by atomic mass is 16.5. The molecular formula is C15H26N2O. The standard InChI is InChI=1S/C15H26N2O/c1-16-10-4-2-3-5-13-18-14-6-7-15-8-11-17-12-9-15/h8-9,11-12,16H,2-7,10,13-14H2,1H3. The van der Waals surface area contributed by atoms with Crippen LogP contribution in [0.15, 0.2) is 24.5 Å². The van der Waals surface area contributed by atoms with Crippen LogP contribution >= 0.6 is 0 Å². The summed E-state index contributed by atoms with van der Waals surface area (Å²) in [5.41, 5.74) is 1.35. The van der Waals surface area contributed by atoms with Crippen molar-refractivity contribution in [3.05, 3.63) is 30.1 Å². The highest BCUT2D eigenvalue weighted by Gasteiger charge is 1.94. The lowest BCUT2D eigenvalue weighted by molar-refractivity contribution is 0.127. The number of nitrogens with zero attached hydrogens (tertiary/aromatic N) is 1. The summed E-state index contributed by atoms with van der Waals surface area (Å²) in [6.07, 6.45) is 10.9. The second-order valence-electron chi connectivity index (χ2n) is 4.59. The van der Waals surface area contributed by atoms with Gasteiger partial charge in [0.1, 0.15) is 0 Å². The maximum atomic E-state index is 5.63. The van der Waals surface area contributed by atoms with Gasteiger partial charge in [-0.1, -0.05) is 12.8 Å². The molecule has 1 heterocycles. The van der Waals surface area contributed by atoms with E-state index in [4.69, 9.17) is 4.74 Å². The van der Waals surface area contributed by atoms with E-state index >= 15 is 0 Å². The minimum atomic E-state index is 0.874. The molecule has 0 bridgehead atoms.